The highest BCUT2D eigenvalue weighted by atomic mass is 35.5. The van der Waals surface area contributed by atoms with Crippen molar-refractivity contribution in [2.45, 2.75) is 6.42 Å². The lowest BCUT2D eigenvalue weighted by Crippen LogP contribution is -2.27. The minimum Gasteiger partial charge on any atom is -0.492 e. The molecule has 0 heterocycles. The predicted octanol–water partition coefficient (Wildman–Crippen LogP) is 3.96. The Morgan fingerprint density at radius 3 is 2.48 bits per heavy atom. The van der Waals surface area contributed by atoms with E-state index in [-0.39, 0.29) is 11.7 Å². The van der Waals surface area contributed by atoms with Crippen LogP contribution >= 0.6 is 11.6 Å². The molecule has 0 aromatic heterocycles. The first-order chi connectivity index (χ1) is 11.9. The van der Waals surface area contributed by atoms with Gasteiger partial charge in [-0.3, -0.25) is 10.1 Å². The zero-order valence-electron chi connectivity index (χ0n) is 13.9. The fourth-order valence-electron chi connectivity index (χ4n) is 1.99. The van der Waals surface area contributed by atoms with Gasteiger partial charge in [0, 0.05) is 38.3 Å². The zero-order chi connectivity index (χ0) is 18.4. The van der Waals surface area contributed by atoms with Gasteiger partial charge in [-0.15, -0.1) is 0 Å². The topological polar surface area (TPSA) is 84.7 Å². The molecule has 0 unspecified atom stereocenters. The van der Waals surface area contributed by atoms with Crippen LogP contribution in [-0.2, 0) is 6.42 Å². The highest BCUT2D eigenvalue weighted by Gasteiger charge is 2.08. The monoisotopic (exact) mass is 363 g/mol. The molecule has 1 N–H and O–H groups in total. The van der Waals surface area contributed by atoms with Gasteiger partial charge >= 0.3 is 6.03 Å². The van der Waals surface area contributed by atoms with Crippen molar-refractivity contribution in [3.05, 3.63) is 63.2 Å². The summed E-state index contributed by atoms with van der Waals surface area (Å²) < 4.78 is 5.64. The SMILES string of the molecule is CN(C)C(=O)Nc1ccc(OCCc2ccc([N+](=O)[O-])cc2)c(Cl)c1. The second-order valence-corrected chi connectivity index (χ2v) is 5.90. The van der Waals surface area contributed by atoms with Gasteiger partial charge in [0.15, 0.2) is 0 Å². The molecule has 0 radical (unpaired) electrons. The van der Waals surface area contributed by atoms with Crippen molar-refractivity contribution < 1.29 is 14.5 Å². The second kappa shape index (κ2) is 8.34. The molecule has 0 saturated heterocycles. The maximum Gasteiger partial charge on any atom is 0.321 e. The number of carbonyl (C=O) groups excluding carboxylic acids is 1. The van der Waals surface area contributed by atoms with E-state index in [1.54, 1.807) is 44.4 Å². The molecule has 2 aromatic carbocycles. The average molecular weight is 364 g/mol. The van der Waals surface area contributed by atoms with Gasteiger partial charge in [0.2, 0.25) is 0 Å². The molecule has 7 nitrogen and oxygen atoms in total. The number of ether oxygens (including phenoxy) is 1. The van der Waals surface area contributed by atoms with E-state index in [4.69, 9.17) is 16.3 Å². The third-order valence-electron chi connectivity index (χ3n) is 3.38. The smallest absolute Gasteiger partial charge is 0.321 e. The molecule has 8 heteroatoms. The van der Waals surface area contributed by atoms with Crippen LogP contribution in [0.25, 0.3) is 0 Å². The number of halogens is 1. The van der Waals surface area contributed by atoms with E-state index < -0.39 is 4.92 Å². The lowest BCUT2D eigenvalue weighted by molar-refractivity contribution is -0.384. The Morgan fingerprint density at radius 2 is 1.92 bits per heavy atom. The van der Waals surface area contributed by atoms with E-state index in [1.165, 1.54) is 17.0 Å². The molecule has 0 atom stereocenters. The van der Waals surface area contributed by atoms with Crippen molar-refractivity contribution in [1.29, 1.82) is 0 Å². The maximum absolute atomic E-state index is 11.6. The Morgan fingerprint density at radius 1 is 1.24 bits per heavy atom. The van der Waals surface area contributed by atoms with Crippen LogP contribution in [0.4, 0.5) is 16.2 Å². The number of amides is 2. The van der Waals surface area contributed by atoms with Gasteiger partial charge < -0.3 is 15.0 Å². The van der Waals surface area contributed by atoms with Crippen LogP contribution in [0.5, 0.6) is 5.75 Å². The second-order valence-electron chi connectivity index (χ2n) is 5.49. The summed E-state index contributed by atoms with van der Waals surface area (Å²) in [6, 6.07) is 11.1. The number of rotatable bonds is 6. The lowest BCUT2D eigenvalue weighted by Gasteiger charge is -2.13. The number of urea groups is 1. The standard InChI is InChI=1S/C17H18ClN3O4/c1-20(2)17(22)19-13-5-8-16(15(18)11-13)25-10-9-12-3-6-14(7-4-12)21(23)24/h3-8,11H,9-10H2,1-2H3,(H,19,22). The van der Waals surface area contributed by atoms with Gasteiger partial charge in [-0.05, 0) is 23.8 Å². The number of benzene rings is 2. The van der Waals surface area contributed by atoms with Crippen molar-refractivity contribution >= 4 is 29.0 Å². The van der Waals surface area contributed by atoms with E-state index in [0.29, 0.717) is 29.5 Å². The van der Waals surface area contributed by atoms with Crippen LogP contribution in [-0.4, -0.2) is 36.6 Å². The van der Waals surface area contributed by atoms with Crippen LogP contribution in [0.2, 0.25) is 5.02 Å². The van der Waals surface area contributed by atoms with Gasteiger partial charge in [0.25, 0.3) is 5.69 Å². The molecule has 2 rings (SSSR count). The third kappa shape index (κ3) is 5.36. The molecule has 0 aliphatic heterocycles. The van der Waals surface area contributed by atoms with Crippen molar-refractivity contribution in [2.24, 2.45) is 0 Å². The number of hydrogen-bond donors (Lipinski definition) is 1. The van der Waals surface area contributed by atoms with E-state index in [1.807, 2.05) is 0 Å². The quantitative estimate of drug-likeness (QED) is 0.621. The first kappa shape index (κ1) is 18.5. The Kier molecular flexibility index (Phi) is 6.19. The molecule has 0 saturated carbocycles. The molecule has 0 fully saturated rings. The summed E-state index contributed by atoms with van der Waals surface area (Å²) in [5.74, 6) is 0.506. The summed E-state index contributed by atoms with van der Waals surface area (Å²) in [6.45, 7) is 0.376. The Bertz CT molecular complexity index is 763. The van der Waals surface area contributed by atoms with E-state index in [9.17, 15) is 14.9 Å². The van der Waals surface area contributed by atoms with Gasteiger partial charge in [-0.25, -0.2) is 4.79 Å². The fourth-order valence-corrected chi connectivity index (χ4v) is 2.23. The molecule has 0 spiro atoms. The largest absolute Gasteiger partial charge is 0.492 e. The summed E-state index contributed by atoms with van der Waals surface area (Å²) in [5, 5.41) is 13.7. The van der Waals surface area contributed by atoms with E-state index in [2.05, 4.69) is 5.32 Å². The number of carbonyl (C=O) groups is 1. The van der Waals surface area contributed by atoms with Crippen molar-refractivity contribution in [1.82, 2.24) is 4.90 Å². The number of anilines is 1. The molecule has 0 bridgehead atoms. The lowest BCUT2D eigenvalue weighted by atomic mass is 10.1. The Hall–Kier alpha value is -2.80. The van der Waals surface area contributed by atoms with Crippen molar-refractivity contribution in [2.75, 3.05) is 26.0 Å². The molecule has 0 aliphatic rings. The molecular weight excluding hydrogens is 346 g/mol. The van der Waals surface area contributed by atoms with Crippen LogP contribution in [0, 0.1) is 10.1 Å². The number of nitro groups is 1. The summed E-state index contributed by atoms with van der Waals surface area (Å²) in [4.78, 5) is 23.2. The maximum atomic E-state index is 11.6. The first-order valence-electron chi connectivity index (χ1n) is 7.51. The first-order valence-corrected chi connectivity index (χ1v) is 7.88. The molecule has 25 heavy (non-hydrogen) atoms. The van der Waals surface area contributed by atoms with Crippen LogP contribution in [0.1, 0.15) is 5.56 Å². The van der Waals surface area contributed by atoms with Crippen molar-refractivity contribution in [3.63, 3.8) is 0 Å². The molecule has 2 amide bonds. The minimum absolute atomic E-state index is 0.0584. The molecular formula is C17H18ClN3O4. The number of nitrogens with one attached hydrogen (secondary N) is 1. The molecule has 2 aromatic rings. The number of non-ortho nitro benzene ring substituents is 1. The minimum atomic E-state index is -0.434. The number of nitro benzene ring substituents is 1. The molecule has 132 valence electrons. The Labute approximate surface area is 150 Å². The normalized spacial score (nSPS) is 10.2. The molecule has 0 aliphatic carbocycles. The summed E-state index contributed by atoms with van der Waals surface area (Å²) in [5.41, 5.74) is 1.56. The zero-order valence-corrected chi connectivity index (χ0v) is 14.6. The van der Waals surface area contributed by atoms with Crippen molar-refractivity contribution in [3.8, 4) is 5.75 Å². The third-order valence-corrected chi connectivity index (χ3v) is 3.68. The number of hydrogen-bond acceptors (Lipinski definition) is 4. The van der Waals surface area contributed by atoms with Gasteiger partial charge in [-0.2, -0.15) is 0 Å². The van der Waals surface area contributed by atoms with Crippen LogP contribution < -0.4 is 10.1 Å². The van der Waals surface area contributed by atoms with E-state index >= 15 is 0 Å². The van der Waals surface area contributed by atoms with Gasteiger partial charge in [0.1, 0.15) is 5.75 Å². The summed E-state index contributed by atoms with van der Waals surface area (Å²) >= 11 is 6.16. The van der Waals surface area contributed by atoms with Gasteiger partial charge in [-0.1, -0.05) is 23.7 Å². The summed E-state index contributed by atoms with van der Waals surface area (Å²) in [6.07, 6.45) is 0.591. The highest BCUT2D eigenvalue weighted by molar-refractivity contribution is 6.32. The van der Waals surface area contributed by atoms with Crippen LogP contribution in [0.15, 0.2) is 42.5 Å². The fraction of sp³-hybridized carbons (Fsp3) is 0.235. The highest BCUT2D eigenvalue weighted by Crippen LogP contribution is 2.28. The van der Waals surface area contributed by atoms with Crippen LogP contribution in [0.3, 0.4) is 0 Å². The van der Waals surface area contributed by atoms with E-state index in [0.717, 1.165) is 5.56 Å². The average Bonchev–Trinajstić information content (AvgIpc) is 2.57. The Balaban J connectivity index is 1.90. The summed E-state index contributed by atoms with van der Waals surface area (Å²) in [7, 11) is 3.29. The predicted molar refractivity (Wildman–Crippen MR) is 96.5 cm³/mol. The number of nitrogens with zero attached hydrogens (tertiary/aromatic N) is 2. The van der Waals surface area contributed by atoms with Gasteiger partial charge in [0.05, 0.1) is 16.6 Å².